The maximum absolute atomic E-state index is 9.49. The molecule has 5 heteroatoms. The van der Waals surface area contributed by atoms with Crippen molar-refractivity contribution in [2.45, 2.75) is 88.5 Å². The molecule has 128 valence electrons. The SMILES string of the molecule is C[C@@H]1CC[C@@]2(CC[C@@H](C[C@@H]3CCC[C@H](CI)O3)O2)O[C@H]1CO. The van der Waals surface area contributed by atoms with E-state index in [0.29, 0.717) is 18.1 Å². The summed E-state index contributed by atoms with van der Waals surface area (Å²) in [6.07, 6.45) is 9.67. The number of halogens is 1. The maximum atomic E-state index is 9.49. The molecule has 0 aliphatic carbocycles. The average Bonchev–Trinajstić information content (AvgIpc) is 2.92. The van der Waals surface area contributed by atoms with Crippen LogP contribution in [0.25, 0.3) is 0 Å². The van der Waals surface area contributed by atoms with Crippen LogP contribution >= 0.6 is 22.6 Å². The van der Waals surface area contributed by atoms with E-state index >= 15 is 0 Å². The Morgan fingerprint density at radius 3 is 2.59 bits per heavy atom. The lowest BCUT2D eigenvalue weighted by Crippen LogP contribution is -2.46. The van der Waals surface area contributed by atoms with Crippen molar-refractivity contribution in [1.82, 2.24) is 0 Å². The lowest BCUT2D eigenvalue weighted by molar-refractivity contribution is -0.287. The standard InChI is InChI=1S/C17H29IO4/c1-12-5-7-17(22-16(12)11-19)8-6-14(21-17)9-13-3-2-4-15(10-18)20-13/h12-16,19H,2-11H2,1H3/t12-,13+,14+,15-,16+,17+/m1/s1. The topological polar surface area (TPSA) is 47.9 Å². The minimum atomic E-state index is -0.429. The lowest BCUT2D eigenvalue weighted by atomic mass is 9.90. The van der Waals surface area contributed by atoms with E-state index in [1.54, 1.807) is 0 Å². The van der Waals surface area contributed by atoms with Gasteiger partial charge in [0.25, 0.3) is 0 Å². The maximum Gasteiger partial charge on any atom is 0.169 e. The van der Waals surface area contributed by atoms with Gasteiger partial charge in [0.2, 0.25) is 0 Å². The molecular weight excluding hydrogens is 395 g/mol. The average molecular weight is 424 g/mol. The van der Waals surface area contributed by atoms with Crippen LogP contribution in [0, 0.1) is 5.92 Å². The first kappa shape index (κ1) is 17.4. The predicted octanol–water partition coefficient (Wildman–Crippen LogP) is 3.43. The van der Waals surface area contributed by atoms with Gasteiger partial charge in [-0.25, -0.2) is 0 Å². The molecule has 4 nitrogen and oxygen atoms in total. The molecule has 0 amide bonds. The molecule has 0 saturated carbocycles. The van der Waals surface area contributed by atoms with E-state index in [-0.39, 0.29) is 18.8 Å². The molecule has 6 atom stereocenters. The summed E-state index contributed by atoms with van der Waals surface area (Å²) >= 11 is 2.42. The Morgan fingerprint density at radius 2 is 1.82 bits per heavy atom. The summed E-state index contributed by atoms with van der Waals surface area (Å²) in [5.74, 6) is -0.00796. The van der Waals surface area contributed by atoms with Crippen LogP contribution in [0.2, 0.25) is 0 Å². The van der Waals surface area contributed by atoms with Gasteiger partial charge in [-0.1, -0.05) is 29.5 Å². The summed E-state index contributed by atoms with van der Waals surface area (Å²) in [7, 11) is 0. The van der Waals surface area contributed by atoms with Crippen molar-refractivity contribution >= 4 is 22.6 Å². The van der Waals surface area contributed by atoms with Crippen LogP contribution in [0.3, 0.4) is 0 Å². The first-order valence-corrected chi connectivity index (χ1v) is 10.3. The van der Waals surface area contributed by atoms with Crippen LogP contribution in [-0.2, 0) is 14.2 Å². The number of alkyl halides is 1. The third-order valence-corrected chi connectivity index (χ3v) is 6.51. The van der Waals surface area contributed by atoms with Gasteiger partial charge in [-0.05, 0) is 44.4 Å². The van der Waals surface area contributed by atoms with Crippen LogP contribution in [0.4, 0.5) is 0 Å². The van der Waals surface area contributed by atoms with E-state index < -0.39 is 5.79 Å². The molecule has 3 saturated heterocycles. The van der Waals surface area contributed by atoms with Crippen molar-refractivity contribution in [1.29, 1.82) is 0 Å². The lowest BCUT2D eigenvalue weighted by Gasteiger charge is -2.41. The zero-order chi connectivity index (χ0) is 15.6. The van der Waals surface area contributed by atoms with Gasteiger partial charge in [-0.2, -0.15) is 0 Å². The van der Waals surface area contributed by atoms with E-state index in [2.05, 4.69) is 29.5 Å². The van der Waals surface area contributed by atoms with Crippen molar-refractivity contribution in [3.05, 3.63) is 0 Å². The van der Waals surface area contributed by atoms with Gasteiger partial charge >= 0.3 is 0 Å². The molecule has 3 aliphatic rings. The Balaban J connectivity index is 1.51. The Hall–Kier alpha value is 0.570. The Kier molecular flexibility index (Phi) is 6.04. The van der Waals surface area contributed by atoms with Gasteiger partial charge in [0, 0.05) is 17.3 Å². The molecule has 3 rings (SSSR count). The molecule has 0 aromatic heterocycles. The summed E-state index contributed by atoms with van der Waals surface area (Å²) in [5.41, 5.74) is 0. The van der Waals surface area contributed by atoms with Crippen molar-refractivity contribution in [2.24, 2.45) is 5.92 Å². The van der Waals surface area contributed by atoms with Gasteiger partial charge < -0.3 is 19.3 Å². The first-order chi connectivity index (χ1) is 10.6. The van der Waals surface area contributed by atoms with Crippen LogP contribution in [0.15, 0.2) is 0 Å². The second-order valence-corrected chi connectivity index (χ2v) is 8.13. The zero-order valence-corrected chi connectivity index (χ0v) is 15.7. The molecule has 3 aliphatic heterocycles. The third-order valence-electron chi connectivity index (χ3n) is 5.53. The molecule has 0 aromatic carbocycles. The third kappa shape index (κ3) is 3.97. The van der Waals surface area contributed by atoms with Crippen LogP contribution in [-0.4, -0.2) is 46.3 Å². The van der Waals surface area contributed by atoms with E-state index in [1.807, 2.05) is 0 Å². The molecule has 3 fully saturated rings. The highest BCUT2D eigenvalue weighted by molar-refractivity contribution is 14.1. The van der Waals surface area contributed by atoms with E-state index in [4.69, 9.17) is 14.2 Å². The molecular formula is C17H29IO4. The zero-order valence-electron chi connectivity index (χ0n) is 13.5. The summed E-state index contributed by atoms with van der Waals surface area (Å²) in [6, 6.07) is 0. The molecule has 0 aromatic rings. The Labute approximate surface area is 147 Å². The van der Waals surface area contributed by atoms with Crippen LogP contribution in [0.5, 0.6) is 0 Å². The first-order valence-electron chi connectivity index (χ1n) is 8.82. The number of rotatable bonds is 4. The van der Waals surface area contributed by atoms with Crippen molar-refractivity contribution < 1.29 is 19.3 Å². The van der Waals surface area contributed by atoms with Gasteiger partial charge in [-0.3, -0.25) is 0 Å². The van der Waals surface area contributed by atoms with Gasteiger partial charge in [0.15, 0.2) is 5.79 Å². The molecule has 0 bridgehead atoms. The van der Waals surface area contributed by atoms with Crippen LogP contribution in [0.1, 0.15) is 58.3 Å². The van der Waals surface area contributed by atoms with Crippen molar-refractivity contribution in [2.75, 3.05) is 11.0 Å². The molecule has 0 unspecified atom stereocenters. The predicted molar refractivity (Wildman–Crippen MR) is 93.2 cm³/mol. The number of aliphatic hydroxyl groups excluding tert-OH is 1. The quantitative estimate of drug-likeness (QED) is 0.555. The molecule has 3 heterocycles. The fourth-order valence-corrected chi connectivity index (χ4v) is 4.75. The fourth-order valence-electron chi connectivity index (χ4n) is 4.10. The van der Waals surface area contributed by atoms with Gasteiger partial charge in [-0.15, -0.1) is 0 Å². The Morgan fingerprint density at radius 1 is 1.05 bits per heavy atom. The highest BCUT2D eigenvalue weighted by atomic mass is 127. The van der Waals surface area contributed by atoms with E-state index in [0.717, 1.165) is 43.0 Å². The highest BCUT2D eigenvalue weighted by Gasteiger charge is 2.47. The largest absolute Gasteiger partial charge is 0.394 e. The minimum Gasteiger partial charge on any atom is -0.394 e. The minimum absolute atomic E-state index is 0.0677. The second-order valence-electron chi connectivity index (χ2n) is 7.25. The summed E-state index contributed by atoms with van der Waals surface area (Å²) in [6.45, 7) is 2.25. The number of hydrogen-bond donors (Lipinski definition) is 1. The normalized spacial score (nSPS) is 46.2. The Bertz CT molecular complexity index is 367. The summed E-state index contributed by atoms with van der Waals surface area (Å²) < 4.78 is 19.7. The number of hydrogen-bond acceptors (Lipinski definition) is 4. The second kappa shape index (κ2) is 7.64. The molecule has 22 heavy (non-hydrogen) atoms. The smallest absolute Gasteiger partial charge is 0.169 e. The molecule has 0 radical (unpaired) electrons. The van der Waals surface area contributed by atoms with Crippen molar-refractivity contribution in [3.63, 3.8) is 0 Å². The monoisotopic (exact) mass is 424 g/mol. The van der Waals surface area contributed by atoms with E-state index in [9.17, 15) is 5.11 Å². The van der Waals surface area contributed by atoms with Gasteiger partial charge in [0.1, 0.15) is 0 Å². The summed E-state index contributed by atoms with van der Waals surface area (Å²) in [5, 5.41) is 9.49. The number of aliphatic hydroxyl groups is 1. The van der Waals surface area contributed by atoms with E-state index in [1.165, 1.54) is 12.8 Å². The van der Waals surface area contributed by atoms with Crippen LogP contribution < -0.4 is 0 Å². The fraction of sp³-hybridized carbons (Fsp3) is 1.00. The molecule has 1 spiro atoms. The molecule has 1 N–H and O–H groups in total. The van der Waals surface area contributed by atoms with Gasteiger partial charge in [0.05, 0.1) is 31.0 Å². The number of ether oxygens (including phenoxy) is 3. The summed E-state index contributed by atoms with van der Waals surface area (Å²) in [4.78, 5) is 0. The highest BCUT2D eigenvalue weighted by Crippen LogP contribution is 2.43. The van der Waals surface area contributed by atoms with Crippen molar-refractivity contribution in [3.8, 4) is 0 Å².